The molecule has 322 valence electrons. The van der Waals surface area contributed by atoms with Gasteiger partial charge in [0.1, 0.15) is 0 Å². The molecule has 0 amide bonds. The lowest BCUT2D eigenvalue weighted by atomic mass is 9.99. The van der Waals surface area contributed by atoms with Crippen molar-refractivity contribution in [1.29, 1.82) is 0 Å². The standard InChI is InChI=1S/C63H40N6/c1-4-17-41(18-5-1)42-31-33-43(34-32-42)45-21-16-22-46(39-45)62-64-61(44-19-6-2-7-20-44)65-63(66-62)69-57-30-15-12-27-51(57)52-36-37-53-54-40-48(67-55-28-13-10-25-49(55)50-26-11-14-29-56(50)67)35-38-58(54)68(59(53)60(52)69)47-23-8-3-9-24-47/h1-40H. The van der Waals surface area contributed by atoms with Crippen molar-refractivity contribution in [3.05, 3.63) is 243 Å². The van der Waals surface area contributed by atoms with Gasteiger partial charge in [0.05, 0.1) is 33.1 Å². The molecule has 0 fully saturated rings. The third kappa shape index (κ3) is 6.23. The Morgan fingerprint density at radius 3 is 1.33 bits per heavy atom. The summed E-state index contributed by atoms with van der Waals surface area (Å²) in [7, 11) is 0. The van der Waals surface area contributed by atoms with Gasteiger partial charge in [-0.3, -0.25) is 4.57 Å². The van der Waals surface area contributed by atoms with Crippen LogP contribution in [0.2, 0.25) is 0 Å². The topological polar surface area (TPSA) is 53.5 Å². The summed E-state index contributed by atoms with van der Waals surface area (Å²) in [6.45, 7) is 0. The molecule has 0 aliphatic carbocycles. The van der Waals surface area contributed by atoms with Gasteiger partial charge in [0.25, 0.3) is 0 Å². The molecule has 0 radical (unpaired) electrons. The second-order valence-electron chi connectivity index (χ2n) is 17.6. The van der Waals surface area contributed by atoms with Crippen LogP contribution in [0.5, 0.6) is 0 Å². The summed E-state index contributed by atoms with van der Waals surface area (Å²) < 4.78 is 7.09. The van der Waals surface area contributed by atoms with Crippen molar-refractivity contribution in [2.45, 2.75) is 0 Å². The van der Waals surface area contributed by atoms with Crippen LogP contribution in [0.15, 0.2) is 243 Å². The van der Waals surface area contributed by atoms with E-state index in [-0.39, 0.29) is 0 Å². The smallest absolute Gasteiger partial charge is 0.238 e. The number of para-hydroxylation sites is 4. The largest absolute Gasteiger partial charge is 0.309 e. The third-order valence-electron chi connectivity index (χ3n) is 13.7. The number of rotatable bonds is 7. The van der Waals surface area contributed by atoms with Crippen LogP contribution < -0.4 is 0 Å². The molecule has 0 N–H and O–H groups in total. The van der Waals surface area contributed by atoms with E-state index in [4.69, 9.17) is 15.0 Å². The predicted octanol–water partition coefficient (Wildman–Crippen LogP) is 15.8. The molecule has 6 heteroatoms. The lowest BCUT2D eigenvalue weighted by molar-refractivity contribution is 0.953. The maximum Gasteiger partial charge on any atom is 0.238 e. The van der Waals surface area contributed by atoms with E-state index in [1.807, 2.05) is 18.2 Å². The number of nitrogens with zero attached hydrogens (tertiary/aromatic N) is 6. The van der Waals surface area contributed by atoms with E-state index < -0.39 is 0 Å². The molecular formula is C63H40N6. The average Bonchev–Trinajstić information content (AvgIpc) is 4.07. The monoisotopic (exact) mass is 880 g/mol. The van der Waals surface area contributed by atoms with E-state index in [0.717, 1.165) is 77.2 Å². The first-order valence-electron chi connectivity index (χ1n) is 23.4. The summed E-state index contributed by atoms with van der Waals surface area (Å²) in [5.41, 5.74) is 15.2. The van der Waals surface area contributed by atoms with Crippen LogP contribution >= 0.6 is 0 Å². The second kappa shape index (κ2) is 15.6. The highest BCUT2D eigenvalue weighted by molar-refractivity contribution is 6.24. The Morgan fingerprint density at radius 2 is 0.681 bits per heavy atom. The number of aromatic nitrogens is 6. The molecule has 4 heterocycles. The highest BCUT2D eigenvalue weighted by atomic mass is 15.2. The first kappa shape index (κ1) is 38.8. The number of hydrogen-bond acceptors (Lipinski definition) is 3. The minimum absolute atomic E-state index is 0.547. The van der Waals surface area contributed by atoms with Crippen LogP contribution in [-0.4, -0.2) is 28.7 Å². The zero-order valence-electron chi connectivity index (χ0n) is 37.3. The van der Waals surface area contributed by atoms with E-state index in [1.54, 1.807) is 0 Å². The molecule has 4 aromatic heterocycles. The van der Waals surface area contributed by atoms with Crippen molar-refractivity contribution in [1.82, 2.24) is 28.7 Å². The van der Waals surface area contributed by atoms with Gasteiger partial charge in [-0.2, -0.15) is 9.97 Å². The summed E-state index contributed by atoms with van der Waals surface area (Å²) in [5, 5.41) is 7.00. The molecule has 6 nitrogen and oxygen atoms in total. The molecule has 0 saturated heterocycles. The third-order valence-corrected chi connectivity index (χ3v) is 13.7. The summed E-state index contributed by atoms with van der Waals surface area (Å²) in [5.74, 6) is 1.75. The van der Waals surface area contributed by atoms with E-state index in [2.05, 4.69) is 238 Å². The Morgan fingerprint density at radius 1 is 0.232 bits per heavy atom. The zero-order chi connectivity index (χ0) is 45.4. The molecule has 0 saturated carbocycles. The maximum absolute atomic E-state index is 5.46. The van der Waals surface area contributed by atoms with E-state index in [1.165, 1.54) is 32.9 Å². The molecule has 0 aliphatic rings. The summed E-state index contributed by atoms with van der Waals surface area (Å²) in [6, 6.07) is 86.3. The molecule has 0 bridgehead atoms. The fourth-order valence-electron chi connectivity index (χ4n) is 10.6. The van der Waals surface area contributed by atoms with Gasteiger partial charge in [-0.05, 0) is 76.9 Å². The molecule has 0 aliphatic heterocycles. The van der Waals surface area contributed by atoms with Crippen LogP contribution in [0.1, 0.15) is 0 Å². The van der Waals surface area contributed by atoms with E-state index in [0.29, 0.717) is 17.6 Å². The van der Waals surface area contributed by atoms with Crippen LogP contribution in [0, 0.1) is 0 Å². The zero-order valence-corrected chi connectivity index (χ0v) is 37.3. The minimum Gasteiger partial charge on any atom is -0.309 e. The lowest BCUT2D eigenvalue weighted by Crippen LogP contribution is -2.07. The Balaban J connectivity index is 1.03. The van der Waals surface area contributed by atoms with Crippen molar-refractivity contribution in [3.8, 4) is 62.4 Å². The molecule has 69 heavy (non-hydrogen) atoms. The van der Waals surface area contributed by atoms with Crippen molar-refractivity contribution in [2.75, 3.05) is 0 Å². The molecule has 14 rings (SSSR count). The van der Waals surface area contributed by atoms with Crippen LogP contribution in [-0.2, 0) is 0 Å². The van der Waals surface area contributed by atoms with Gasteiger partial charge in [0, 0.05) is 54.8 Å². The average molecular weight is 881 g/mol. The molecular weight excluding hydrogens is 841 g/mol. The Bertz CT molecular complexity index is 4230. The minimum atomic E-state index is 0.547. The van der Waals surface area contributed by atoms with E-state index >= 15 is 0 Å². The predicted molar refractivity (Wildman–Crippen MR) is 285 cm³/mol. The fraction of sp³-hybridized carbons (Fsp3) is 0. The van der Waals surface area contributed by atoms with Crippen LogP contribution in [0.4, 0.5) is 0 Å². The Kier molecular flexibility index (Phi) is 8.79. The number of fused-ring (bicyclic) bond motifs is 10. The Labute approximate surface area is 397 Å². The first-order chi connectivity index (χ1) is 34.2. The van der Waals surface area contributed by atoms with Crippen molar-refractivity contribution < 1.29 is 0 Å². The van der Waals surface area contributed by atoms with Gasteiger partial charge in [-0.25, -0.2) is 4.98 Å². The van der Waals surface area contributed by atoms with Crippen LogP contribution in [0.3, 0.4) is 0 Å². The highest BCUT2D eigenvalue weighted by Gasteiger charge is 2.24. The summed E-state index contributed by atoms with van der Waals surface area (Å²) in [6.07, 6.45) is 0. The summed E-state index contributed by atoms with van der Waals surface area (Å²) >= 11 is 0. The number of hydrogen-bond donors (Lipinski definition) is 0. The maximum atomic E-state index is 5.46. The first-order valence-corrected chi connectivity index (χ1v) is 23.4. The molecule has 0 atom stereocenters. The molecule has 0 unspecified atom stereocenters. The van der Waals surface area contributed by atoms with Crippen LogP contribution in [0.25, 0.3) is 128 Å². The van der Waals surface area contributed by atoms with Gasteiger partial charge in [-0.15, -0.1) is 0 Å². The lowest BCUT2D eigenvalue weighted by Gasteiger charge is -2.13. The van der Waals surface area contributed by atoms with Crippen molar-refractivity contribution in [3.63, 3.8) is 0 Å². The molecule has 10 aromatic carbocycles. The Hall–Kier alpha value is -9.39. The van der Waals surface area contributed by atoms with Gasteiger partial charge in [0.15, 0.2) is 11.6 Å². The molecule has 0 spiro atoms. The highest BCUT2D eigenvalue weighted by Crippen LogP contribution is 2.43. The van der Waals surface area contributed by atoms with Gasteiger partial charge in [-0.1, -0.05) is 188 Å². The van der Waals surface area contributed by atoms with Gasteiger partial charge >= 0.3 is 0 Å². The van der Waals surface area contributed by atoms with Crippen molar-refractivity contribution in [2.24, 2.45) is 0 Å². The van der Waals surface area contributed by atoms with E-state index in [9.17, 15) is 0 Å². The second-order valence-corrected chi connectivity index (χ2v) is 17.6. The molecule has 14 aromatic rings. The van der Waals surface area contributed by atoms with Gasteiger partial charge < -0.3 is 9.13 Å². The van der Waals surface area contributed by atoms with Gasteiger partial charge in [0.2, 0.25) is 5.95 Å². The number of benzene rings is 10. The SMILES string of the molecule is c1ccc(-c2ccc(-c3cccc(-c4nc(-c5ccccc5)nc(-n5c6ccccc6c6ccc7c8cc(-n9c%10ccccc%10c%10ccccc%109)ccc8n(-c8ccccc8)c7c65)n4)c3)cc2)cc1. The van der Waals surface area contributed by atoms with Crippen molar-refractivity contribution >= 4 is 65.4 Å². The fourth-order valence-corrected chi connectivity index (χ4v) is 10.6. The summed E-state index contributed by atoms with van der Waals surface area (Å²) in [4.78, 5) is 16.1. The quantitative estimate of drug-likeness (QED) is 0.160. The normalized spacial score (nSPS) is 11.8.